The molecule has 1 saturated carbocycles. The molecule has 1 spiro atoms. The van der Waals surface area contributed by atoms with Crippen LogP contribution in [0.2, 0.25) is 5.02 Å². The molecule has 152 valence electrons. The quantitative estimate of drug-likeness (QED) is 0.715. The van der Waals surface area contributed by atoms with Crippen molar-refractivity contribution in [3.05, 3.63) is 63.9 Å². The minimum Gasteiger partial charge on any atom is -0.509 e. The number of rotatable bonds is 3. The van der Waals surface area contributed by atoms with Gasteiger partial charge in [-0.1, -0.05) is 29.8 Å². The molecule has 29 heavy (non-hydrogen) atoms. The van der Waals surface area contributed by atoms with E-state index in [-0.39, 0.29) is 17.8 Å². The number of carbonyl (C=O) groups excluding carboxylic acids is 1. The van der Waals surface area contributed by atoms with Gasteiger partial charge in [-0.3, -0.25) is 4.79 Å². The SMILES string of the molecule is COC1CCC2(CC1)NC(=O)C(c1cc(-c3ccc(Cl)cc3)c(C)cc1C)=C2O. The Hall–Kier alpha value is -2.30. The van der Waals surface area contributed by atoms with E-state index in [9.17, 15) is 9.90 Å². The number of amides is 1. The lowest BCUT2D eigenvalue weighted by Gasteiger charge is -2.36. The maximum Gasteiger partial charge on any atom is 0.256 e. The fourth-order valence-electron chi connectivity index (χ4n) is 4.68. The van der Waals surface area contributed by atoms with Gasteiger partial charge in [0.15, 0.2) is 0 Å². The number of halogens is 1. The second kappa shape index (κ2) is 7.51. The van der Waals surface area contributed by atoms with E-state index in [4.69, 9.17) is 16.3 Å². The van der Waals surface area contributed by atoms with E-state index >= 15 is 0 Å². The summed E-state index contributed by atoms with van der Waals surface area (Å²) in [6.07, 6.45) is 3.18. The molecule has 0 bridgehead atoms. The van der Waals surface area contributed by atoms with Gasteiger partial charge in [0, 0.05) is 12.1 Å². The number of ether oxygens (including phenoxy) is 1. The van der Waals surface area contributed by atoms with Crippen molar-refractivity contribution >= 4 is 23.1 Å². The average molecular weight is 412 g/mol. The predicted molar refractivity (Wildman–Crippen MR) is 116 cm³/mol. The highest BCUT2D eigenvalue weighted by Gasteiger charge is 2.48. The Balaban J connectivity index is 1.78. The maximum atomic E-state index is 13.0. The normalized spacial score (nSPS) is 24.3. The van der Waals surface area contributed by atoms with Crippen molar-refractivity contribution in [3.8, 4) is 11.1 Å². The lowest BCUT2D eigenvalue weighted by atomic mass is 9.79. The van der Waals surface area contributed by atoms with Gasteiger partial charge in [0.05, 0.1) is 17.2 Å². The fourth-order valence-corrected chi connectivity index (χ4v) is 4.81. The molecule has 2 N–H and O–H groups in total. The summed E-state index contributed by atoms with van der Waals surface area (Å²) >= 11 is 6.04. The third-order valence-corrected chi connectivity index (χ3v) is 6.64. The highest BCUT2D eigenvalue weighted by atomic mass is 35.5. The van der Waals surface area contributed by atoms with Gasteiger partial charge < -0.3 is 15.2 Å². The molecule has 0 unspecified atom stereocenters. The monoisotopic (exact) mass is 411 g/mol. The molecule has 0 saturated heterocycles. The molecule has 1 amide bonds. The zero-order valence-electron chi connectivity index (χ0n) is 17.0. The predicted octanol–water partition coefficient (Wildman–Crippen LogP) is 5.35. The topological polar surface area (TPSA) is 58.6 Å². The van der Waals surface area contributed by atoms with E-state index in [0.29, 0.717) is 23.4 Å². The van der Waals surface area contributed by atoms with Gasteiger partial charge in [-0.05, 0) is 85.5 Å². The van der Waals surface area contributed by atoms with Crippen LogP contribution in [0, 0.1) is 13.8 Å². The molecule has 4 nitrogen and oxygen atoms in total. The third-order valence-electron chi connectivity index (χ3n) is 6.39. The van der Waals surface area contributed by atoms with Crippen molar-refractivity contribution in [1.29, 1.82) is 0 Å². The zero-order chi connectivity index (χ0) is 20.8. The Bertz CT molecular complexity index is 986. The molecule has 0 aromatic heterocycles. The van der Waals surface area contributed by atoms with Crippen LogP contribution in [0.1, 0.15) is 42.4 Å². The average Bonchev–Trinajstić information content (AvgIpc) is 2.93. The second-order valence-electron chi connectivity index (χ2n) is 8.18. The fraction of sp³-hybridized carbons (Fsp3) is 0.375. The molecule has 0 atom stereocenters. The van der Waals surface area contributed by atoms with Gasteiger partial charge in [0.1, 0.15) is 5.76 Å². The molecule has 1 aliphatic carbocycles. The summed E-state index contributed by atoms with van der Waals surface area (Å²) in [5.74, 6) is -0.0292. The van der Waals surface area contributed by atoms with Gasteiger partial charge in [-0.15, -0.1) is 0 Å². The summed E-state index contributed by atoms with van der Waals surface area (Å²) in [5.41, 5.74) is 4.65. The molecular formula is C24H26ClNO3. The Labute approximate surface area is 176 Å². The van der Waals surface area contributed by atoms with E-state index in [1.54, 1.807) is 7.11 Å². The van der Waals surface area contributed by atoms with E-state index in [1.807, 2.05) is 37.3 Å². The smallest absolute Gasteiger partial charge is 0.256 e. The zero-order valence-corrected chi connectivity index (χ0v) is 17.8. The van der Waals surface area contributed by atoms with Crippen LogP contribution >= 0.6 is 11.6 Å². The summed E-state index contributed by atoms with van der Waals surface area (Å²) in [6.45, 7) is 4.03. The van der Waals surface area contributed by atoms with Gasteiger partial charge in [-0.25, -0.2) is 0 Å². The summed E-state index contributed by atoms with van der Waals surface area (Å²) in [5, 5.41) is 14.9. The molecule has 2 aromatic rings. The van der Waals surface area contributed by atoms with Crippen molar-refractivity contribution < 1.29 is 14.6 Å². The molecule has 2 aliphatic rings. The minimum atomic E-state index is -0.667. The molecule has 1 fully saturated rings. The standard InChI is InChI=1S/C24H26ClNO3/c1-14-12-15(2)20(13-19(14)16-4-6-17(25)7-5-16)21-22(27)24(26-23(21)28)10-8-18(29-3)9-11-24/h4-7,12-13,18,27H,8-11H2,1-3H3,(H,26,28). The molecule has 4 rings (SSSR count). The number of methoxy groups -OCH3 is 1. The minimum absolute atomic E-state index is 0.172. The van der Waals surface area contributed by atoms with Crippen LogP contribution in [0.15, 0.2) is 42.2 Å². The van der Waals surface area contributed by atoms with Crippen LogP contribution in [-0.2, 0) is 9.53 Å². The molecule has 0 radical (unpaired) electrons. The lowest BCUT2D eigenvalue weighted by molar-refractivity contribution is -0.116. The van der Waals surface area contributed by atoms with Crippen molar-refractivity contribution in [1.82, 2.24) is 5.32 Å². The maximum absolute atomic E-state index is 13.0. The highest BCUT2D eigenvalue weighted by Crippen LogP contribution is 2.43. The van der Waals surface area contributed by atoms with Gasteiger partial charge in [-0.2, -0.15) is 0 Å². The number of aryl methyl sites for hydroxylation is 2. The third kappa shape index (κ3) is 3.45. The molecule has 5 heteroatoms. The van der Waals surface area contributed by atoms with E-state index in [2.05, 4.69) is 18.3 Å². The lowest BCUT2D eigenvalue weighted by Crippen LogP contribution is -2.48. The van der Waals surface area contributed by atoms with Crippen LogP contribution in [0.25, 0.3) is 16.7 Å². The Kier molecular flexibility index (Phi) is 5.18. The number of nitrogens with one attached hydrogen (secondary N) is 1. The van der Waals surface area contributed by atoms with E-state index in [0.717, 1.165) is 40.7 Å². The van der Waals surface area contributed by atoms with Gasteiger partial charge in [0.25, 0.3) is 5.91 Å². The second-order valence-corrected chi connectivity index (χ2v) is 8.62. The number of hydrogen-bond donors (Lipinski definition) is 2. The first-order valence-corrected chi connectivity index (χ1v) is 10.4. The molecule has 2 aromatic carbocycles. The summed E-state index contributed by atoms with van der Waals surface area (Å²) in [4.78, 5) is 13.0. The molecule has 1 aliphatic heterocycles. The van der Waals surface area contributed by atoms with Crippen LogP contribution in [-0.4, -0.2) is 29.8 Å². The van der Waals surface area contributed by atoms with Crippen LogP contribution in [0.4, 0.5) is 0 Å². The highest BCUT2D eigenvalue weighted by molar-refractivity contribution is 6.30. The Morgan fingerprint density at radius 1 is 1.07 bits per heavy atom. The van der Waals surface area contributed by atoms with Gasteiger partial charge >= 0.3 is 0 Å². The number of carbonyl (C=O) groups is 1. The Morgan fingerprint density at radius 3 is 2.31 bits per heavy atom. The summed E-state index contributed by atoms with van der Waals surface area (Å²) in [7, 11) is 1.71. The van der Waals surface area contributed by atoms with Gasteiger partial charge in [0.2, 0.25) is 0 Å². The molecule has 1 heterocycles. The number of aliphatic hydroxyl groups excluding tert-OH is 1. The summed E-state index contributed by atoms with van der Waals surface area (Å²) < 4.78 is 5.45. The first-order chi connectivity index (χ1) is 13.8. The van der Waals surface area contributed by atoms with E-state index in [1.165, 1.54) is 0 Å². The number of benzene rings is 2. The Morgan fingerprint density at radius 2 is 1.69 bits per heavy atom. The van der Waals surface area contributed by atoms with Crippen molar-refractivity contribution in [2.45, 2.75) is 51.2 Å². The number of aliphatic hydroxyl groups is 1. The van der Waals surface area contributed by atoms with Crippen LogP contribution in [0.5, 0.6) is 0 Å². The van der Waals surface area contributed by atoms with Crippen LogP contribution < -0.4 is 5.32 Å². The first-order valence-electron chi connectivity index (χ1n) is 10.0. The first kappa shape index (κ1) is 20.0. The van der Waals surface area contributed by atoms with Crippen LogP contribution in [0.3, 0.4) is 0 Å². The summed E-state index contributed by atoms with van der Waals surface area (Å²) in [6, 6.07) is 11.7. The largest absolute Gasteiger partial charge is 0.509 e. The van der Waals surface area contributed by atoms with Crippen molar-refractivity contribution in [2.75, 3.05) is 7.11 Å². The molecular weight excluding hydrogens is 386 g/mol. The van der Waals surface area contributed by atoms with Crippen molar-refractivity contribution in [3.63, 3.8) is 0 Å². The van der Waals surface area contributed by atoms with Crippen molar-refractivity contribution in [2.24, 2.45) is 0 Å². The number of hydrogen-bond acceptors (Lipinski definition) is 3. The van der Waals surface area contributed by atoms with E-state index < -0.39 is 5.54 Å².